The van der Waals surface area contributed by atoms with E-state index in [1.54, 1.807) is 0 Å². The molecular weight excluding hydrogens is 442 g/mol. The molecule has 0 atom stereocenters. The van der Waals surface area contributed by atoms with Crippen molar-refractivity contribution >= 4 is 17.0 Å². The summed E-state index contributed by atoms with van der Waals surface area (Å²) in [6.45, 7) is 6.56. The fourth-order valence-corrected chi connectivity index (χ4v) is 5.16. The van der Waals surface area contributed by atoms with E-state index in [9.17, 15) is 4.79 Å². The summed E-state index contributed by atoms with van der Waals surface area (Å²) in [7, 11) is 0. The molecule has 0 bridgehead atoms. The van der Waals surface area contributed by atoms with E-state index < -0.39 is 0 Å². The molecule has 0 N–H and O–H groups in total. The topological polar surface area (TPSA) is 93.2 Å². The smallest absolute Gasteiger partial charge is 0.259 e. The Balaban J connectivity index is 1.20. The largest absolute Gasteiger partial charge is 0.336 e. The van der Waals surface area contributed by atoms with Crippen LogP contribution < -0.4 is 0 Å². The number of fused-ring (bicyclic) bond motifs is 2. The number of aromatic nitrogens is 5. The van der Waals surface area contributed by atoms with Crippen LogP contribution in [0.2, 0.25) is 0 Å². The summed E-state index contributed by atoms with van der Waals surface area (Å²) in [5.41, 5.74) is 3.34. The summed E-state index contributed by atoms with van der Waals surface area (Å²) in [5.74, 6) is 2.16. The molecule has 1 fully saturated rings. The van der Waals surface area contributed by atoms with Gasteiger partial charge in [0.05, 0.1) is 28.9 Å². The number of rotatable bonds is 4. The molecule has 1 aromatic carbocycles. The number of amides is 1. The Labute approximate surface area is 203 Å². The first-order valence-corrected chi connectivity index (χ1v) is 12.4. The fraction of sp³-hybridized carbons (Fsp3) is 0.423. The van der Waals surface area contributed by atoms with Crippen molar-refractivity contribution in [3.8, 4) is 11.3 Å². The molecule has 0 unspecified atom stereocenters. The average molecular weight is 472 g/mol. The molecule has 9 nitrogen and oxygen atoms in total. The molecule has 3 aromatic heterocycles. The molecule has 6 rings (SSSR count). The van der Waals surface area contributed by atoms with Gasteiger partial charge in [0.2, 0.25) is 0 Å². The van der Waals surface area contributed by atoms with Crippen molar-refractivity contribution in [2.24, 2.45) is 0 Å². The van der Waals surface area contributed by atoms with Crippen molar-refractivity contribution in [2.75, 3.05) is 26.2 Å². The van der Waals surface area contributed by atoms with Gasteiger partial charge in [-0.05, 0) is 25.8 Å². The van der Waals surface area contributed by atoms with Gasteiger partial charge in [-0.2, -0.15) is 0 Å². The monoisotopic (exact) mass is 471 g/mol. The molecule has 1 saturated heterocycles. The third-order valence-corrected chi connectivity index (χ3v) is 7.13. The Kier molecular flexibility index (Phi) is 5.77. The summed E-state index contributed by atoms with van der Waals surface area (Å²) >= 11 is 0. The standard InChI is InChI=1S/C26H29N7O2/c1-18-24-20(16-21(27-25(24)35-30-18)19-8-4-2-5-9-19)26(34)32-14-12-31(13-15-32)17-23-29-28-22-10-6-3-7-11-33(22)23/h2,4-5,8-9,16H,3,6-7,10-15,17H2,1H3. The molecule has 0 radical (unpaired) electrons. The molecule has 0 spiro atoms. The highest BCUT2D eigenvalue weighted by molar-refractivity contribution is 6.07. The van der Waals surface area contributed by atoms with Gasteiger partial charge in [0.25, 0.3) is 11.6 Å². The SMILES string of the molecule is Cc1noc2nc(-c3ccccc3)cc(C(=O)N3CCN(Cc4nnc5n4CCCCC5)CC3)c12. The maximum absolute atomic E-state index is 13.7. The van der Waals surface area contributed by atoms with Crippen molar-refractivity contribution in [1.29, 1.82) is 0 Å². The van der Waals surface area contributed by atoms with Gasteiger partial charge in [-0.3, -0.25) is 9.69 Å². The van der Waals surface area contributed by atoms with Crippen molar-refractivity contribution in [2.45, 2.75) is 45.7 Å². The lowest BCUT2D eigenvalue weighted by Gasteiger charge is -2.34. The van der Waals surface area contributed by atoms with E-state index in [4.69, 9.17) is 4.52 Å². The summed E-state index contributed by atoms with van der Waals surface area (Å²) in [6, 6.07) is 11.7. The van der Waals surface area contributed by atoms with Crippen LogP contribution in [0.15, 0.2) is 40.9 Å². The summed E-state index contributed by atoms with van der Waals surface area (Å²) < 4.78 is 7.77. The number of hydrogen-bond acceptors (Lipinski definition) is 7. The second-order valence-electron chi connectivity index (χ2n) is 9.43. The summed E-state index contributed by atoms with van der Waals surface area (Å²) in [4.78, 5) is 22.6. The van der Waals surface area contributed by atoms with Crippen LogP contribution in [0.3, 0.4) is 0 Å². The first-order chi connectivity index (χ1) is 17.2. The van der Waals surface area contributed by atoms with Gasteiger partial charge in [0, 0.05) is 44.7 Å². The molecule has 4 aromatic rings. The number of nitrogens with zero attached hydrogens (tertiary/aromatic N) is 7. The second-order valence-corrected chi connectivity index (χ2v) is 9.43. The molecule has 2 aliphatic heterocycles. The Hall–Kier alpha value is -3.59. The first kappa shape index (κ1) is 21.9. The normalized spacial score (nSPS) is 16.9. The lowest BCUT2D eigenvalue weighted by molar-refractivity contribution is 0.0625. The third-order valence-electron chi connectivity index (χ3n) is 7.13. The van der Waals surface area contributed by atoms with Crippen molar-refractivity contribution in [1.82, 2.24) is 34.7 Å². The molecule has 1 amide bonds. The molecule has 180 valence electrons. The van der Waals surface area contributed by atoms with E-state index in [1.807, 2.05) is 48.2 Å². The van der Waals surface area contributed by atoms with E-state index in [-0.39, 0.29) is 5.91 Å². The van der Waals surface area contributed by atoms with Crippen molar-refractivity contribution in [3.05, 3.63) is 59.3 Å². The van der Waals surface area contributed by atoms with Crippen LogP contribution >= 0.6 is 0 Å². The maximum atomic E-state index is 13.7. The number of hydrogen-bond donors (Lipinski definition) is 0. The fourth-order valence-electron chi connectivity index (χ4n) is 5.16. The Morgan fingerprint density at radius 1 is 1.00 bits per heavy atom. The van der Waals surface area contributed by atoms with Crippen LogP contribution in [0.1, 0.15) is 47.0 Å². The lowest BCUT2D eigenvalue weighted by Crippen LogP contribution is -2.48. The van der Waals surface area contributed by atoms with Gasteiger partial charge >= 0.3 is 0 Å². The predicted octanol–water partition coefficient (Wildman–Crippen LogP) is 3.47. The lowest BCUT2D eigenvalue weighted by atomic mass is 10.0. The Bertz CT molecular complexity index is 1350. The molecule has 0 aliphatic carbocycles. The predicted molar refractivity (Wildman–Crippen MR) is 131 cm³/mol. The van der Waals surface area contributed by atoms with Crippen molar-refractivity contribution in [3.63, 3.8) is 0 Å². The third kappa shape index (κ3) is 4.20. The first-order valence-electron chi connectivity index (χ1n) is 12.4. The molecule has 2 aliphatic rings. The number of benzene rings is 1. The highest BCUT2D eigenvalue weighted by Crippen LogP contribution is 2.28. The van der Waals surface area contributed by atoms with Crippen LogP contribution in [0.5, 0.6) is 0 Å². The molecule has 5 heterocycles. The number of carbonyl (C=O) groups excluding carboxylic acids is 1. The zero-order chi connectivity index (χ0) is 23.8. The van der Waals surface area contributed by atoms with Crippen LogP contribution in [0.4, 0.5) is 0 Å². The van der Waals surface area contributed by atoms with Gasteiger partial charge in [-0.25, -0.2) is 4.98 Å². The van der Waals surface area contributed by atoms with Crippen LogP contribution in [0, 0.1) is 6.92 Å². The van der Waals surface area contributed by atoms with Gasteiger partial charge < -0.3 is 14.0 Å². The summed E-state index contributed by atoms with van der Waals surface area (Å²) in [5, 5.41) is 13.7. The zero-order valence-corrected chi connectivity index (χ0v) is 20.0. The van der Waals surface area contributed by atoms with E-state index in [0.29, 0.717) is 41.1 Å². The molecule has 0 saturated carbocycles. The number of aryl methyl sites for hydroxylation is 2. The molecular formula is C26H29N7O2. The number of piperazine rings is 1. The summed E-state index contributed by atoms with van der Waals surface area (Å²) in [6.07, 6.45) is 4.65. The van der Waals surface area contributed by atoms with E-state index >= 15 is 0 Å². The van der Waals surface area contributed by atoms with Crippen LogP contribution in [-0.2, 0) is 19.5 Å². The minimum Gasteiger partial charge on any atom is -0.336 e. The highest BCUT2D eigenvalue weighted by Gasteiger charge is 2.27. The Morgan fingerprint density at radius 3 is 2.66 bits per heavy atom. The highest BCUT2D eigenvalue weighted by atomic mass is 16.5. The molecule has 9 heteroatoms. The van der Waals surface area contributed by atoms with Gasteiger partial charge in [0.15, 0.2) is 0 Å². The number of carbonyl (C=O) groups is 1. The van der Waals surface area contributed by atoms with Gasteiger partial charge in [-0.15, -0.1) is 10.2 Å². The Morgan fingerprint density at radius 2 is 1.83 bits per heavy atom. The average Bonchev–Trinajstić information content (AvgIpc) is 3.37. The minimum atomic E-state index is -0.00289. The van der Waals surface area contributed by atoms with Crippen LogP contribution in [0.25, 0.3) is 22.4 Å². The van der Waals surface area contributed by atoms with Gasteiger partial charge in [-0.1, -0.05) is 41.9 Å². The van der Waals surface area contributed by atoms with E-state index in [2.05, 4.69) is 29.8 Å². The molecule has 35 heavy (non-hydrogen) atoms. The number of pyridine rings is 1. The van der Waals surface area contributed by atoms with E-state index in [1.165, 1.54) is 19.3 Å². The second kappa shape index (κ2) is 9.22. The van der Waals surface area contributed by atoms with E-state index in [0.717, 1.165) is 49.8 Å². The maximum Gasteiger partial charge on any atom is 0.259 e. The minimum absolute atomic E-state index is 0.00289. The van der Waals surface area contributed by atoms with Crippen molar-refractivity contribution < 1.29 is 9.32 Å². The van der Waals surface area contributed by atoms with Gasteiger partial charge in [0.1, 0.15) is 11.6 Å². The van der Waals surface area contributed by atoms with Crippen LogP contribution in [-0.4, -0.2) is 66.8 Å². The zero-order valence-electron chi connectivity index (χ0n) is 20.0. The quantitative estimate of drug-likeness (QED) is 0.450.